The Morgan fingerprint density at radius 2 is 2.13 bits per heavy atom. The van der Waals surface area contributed by atoms with Gasteiger partial charge in [0.15, 0.2) is 11.6 Å². The molecule has 1 fully saturated rings. The molecule has 2 unspecified atom stereocenters. The first kappa shape index (κ1) is 10.6. The molecular weight excluding hydrogens is 196 g/mol. The molecule has 1 heterocycles. The molecule has 1 saturated heterocycles. The van der Waals surface area contributed by atoms with E-state index in [2.05, 4.69) is 12.2 Å². The van der Waals surface area contributed by atoms with Crippen molar-refractivity contribution in [3.05, 3.63) is 35.4 Å². The van der Waals surface area contributed by atoms with Crippen LogP contribution in [0.1, 0.15) is 31.2 Å². The molecule has 15 heavy (non-hydrogen) atoms. The number of hydrogen-bond donors (Lipinski definition) is 1. The van der Waals surface area contributed by atoms with Crippen LogP contribution in [0.2, 0.25) is 0 Å². The summed E-state index contributed by atoms with van der Waals surface area (Å²) in [5.74, 6) is -1.18. The minimum Gasteiger partial charge on any atom is -0.313 e. The van der Waals surface area contributed by atoms with Crippen LogP contribution in [0.3, 0.4) is 0 Å². The lowest BCUT2D eigenvalue weighted by Gasteiger charge is -2.18. The third-order valence-electron chi connectivity index (χ3n) is 3.16. The van der Waals surface area contributed by atoms with Gasteiger partial charge in [0, 0.05) is 12.0 Å². The summed E-state index contributed by atoms with van der Waals surface area (Å²) in [7, 11) is 0. The highest BCUT2D eigenvalue weighted by Gasteiger charge is 2.27. The van der Waals surface area contributed by atoms with E-state index in [-0.39, 0.29) is 0 Å². The Morgan fingerprint density at radius 3 is 2.80 bits per heavy atom. The average Bonchev–Trinajstić information content (AvgIpc) is 2.70. The standard InChI is InChI=1S/C12H15F2N/c1-2-12-9(5-6-15-12)8-3-4-10(13)11(14)7-8/h3-4,7,9,12,15H,2,5-6H2,1H3. The van der Waals surface area contributed by atoms with Crippen LogP contribution >= 0.6 is 0 Å². The van der Waals surface area contributed by atoms with E-state index in [1.54, 1.807) is 6.07 Å². The van der Waals surface area contributed by atoms with Gasteiger partial charge in [-0.15, -0.1) is 0 Å². The molecule has 2 rings (SSSR count). The van der Waals surface area contributed by atoms with Gasteiger partial charge in [0.25, 0.3) is 0 Å². The molecule has 1 aliphatic rings. The number of halogens is 2. The Kier molecular flexibility index (Phi) is 3.00. The molecule has 1 N–H and O–H groups in total. The van der Waals surface area contributed by atoms with Gasteiger partial charge in [-0.25, -0.2) is 8.78 Å². The zero-order valence-corrected chi connectivity index (χ0v) is 8.76. The molecule has 1 aromatic rings. The molecule has 1 nitrogen and oxygen atoms in total. The summed E-state index contributed by atoms with van der Waals surface area (Å²) < 4.78 is 25.8. The van der Waals surface area contributed by atoms with Crippen molar-refractivity contribution in [2.75, 3.05) is 6.54 Å². The van der Waals surface area contributed by atoms with Crippen molar-refractivity contribution >= 4 is 0 Å². The lowest BCUT2D eigenvalue weighted by molar-refractivity contribution is 0.496. The summed E-state index contributed by atoms with van der Waals surface area (Å²) in [6.07, 6.45) is 2.02. The van der Waals surface area contributed by atoms with Crippen LogP contribution in [0.15, 0.2) is 18.2 Å². The average molecular weight is 211 g/mol. The third-order valence-corrected chi connectivity index (χ3v) is 3.16. The molecule has 0 saturated carbocycles. The van der Waals surface area contributed by atoms with Crippen molar-refractivity contribution in [1.29, 1.82) is 0 Å². The van der Waals surface area contributed by atoms with Crippen LogP contribution in [0.25, 0.3) is 0 Å². The molecule has 2 atom stereocenters. The van der Waals surface area contributed by atoms with Crippen LogP contribution in [-0.4, -0.2) is 12.6 Å². The molecule has 0 aromatic heterocycles. The van der Waals surface area contributed by atoms with E-state index in [9.17, 15) is 8.78 Å². The maximum absolute atomic E-state index is 13.1. The van der Waals surface area contributed by atoms with Crippen molar-refractivity contribution < 1.29 is 8.78 Å². The zero-order chi connectivity index (χ0) is 10.8. The first-order chi connectivity index (χ1) is 7.22. The van der Waals surface area contributed by atoms with E-state index in [0.29, 0.717) is 12.0 Å². The molecule has 0 spiro atoms. The highest BCUT2D eigenvalue weighted by atomic mass is 19.2. The molecule has 1 aliphatic heterocycles. The molecule has 0 aliphatic carbocycles. The van der Waals surface area contributed by atoms with Gasteiger partial charge >= 0.3 is 0 Å². The van der Waals surface area contributed by atoms with Crippen molar-refractivity contribution in [1.82, 2.24) is 5.32 Å². The molecule has 82 valence electrons. The fourth-order valence-electron chi connectivity index (χ4n) is 2.34. The Morgan fingerprint density at radius 1 is 1.33 bits per heavy atom. The van der Waals surface area contributed by atoms with Crippen molar-refractivity contribution in [3.63, 3.8) is 0 Å². The van der Waals surface area contributed by atoms with Gasteiger partial charge in [-0.2, -0.15) is 0 Å². The normalized spacial score (nSPS) is 25.8. The first-order valence-corrected chi connectivity index (χ1v) is 5.40. The van der Waals surface area contributed by atoms with Crippen molar-refractivity contribution in [2.45, 2.75) is 31.7 Å². The molecule has 0 radical (unpaired) electrons. The topological polar surface area (TPSA) is 12.0 Å². The minimum absolute atomic E-state index is 0.324. The second-order valence-corrected chi connectivity index (χ2v) is 4.04. The van der Waals surface area contributed by atoms with E-state index in [4.69, 9.17) is 0 Å². The molecule has 0 bridgehead atoms. The highest BCUT2D eigenvalue weighted by Crippen LogP contribution is 2.30. The van der Waals surface area contributed by atoms with Gasteiger partial charge < -0.3 is 5.32 Å². The summed E-state index contributed by atoms with van der Waals surface area (Å²) in [5, 5.41) is 3.37. The smallest absolute Gasteiger partial charge is 0.159 e. The minimum atomic E-state index is -0.766. The Labute approximate surface area is 88.5 Å². The summed E-state index contributed by atoms with van der Waals surface area (Å²) in [6, 6.07) is 4.64. The third kappa shape index (κ3) is 2.02. The van der Waals surface area contributed by atoms with Crippen LogP contribution in [0.5, 0.6) is 0 Å². The molecule has 0 amide bonds. The predicted molar refractivity (Wildman–Crippen MR) is 55.8 cm³/mol. The van der Waals surface area contributed by atoms with Crippen LogP contribution in [0.4, 0.5) is 8.78 Å². The van der Waals surface area contributed by atoms with Gasteiger partial charge in [-0.05, 0) is 37.1 Å². The second-order valence-electron chi connectivity index (χ2n) is 4.04. The van der Waals surface area contributed by atoms with Gasteiger partial charge in [0.1, 0.15) is 0 Å². The van der Waals surface area contributed by atoms with E-state index in [1.807, 2.05) is 0 Å². The molecule has 3 heteroatoms. The van der Waals surface area contributed by atoms with Crippen LogP contribution in [0, 0.1) is 11.6 Å². The van der Waals surface area contributed by atoms with E-state index in [1.165, 1.54) is 12.1 Å². The van der Waals surface area contributed by atoms with Gasteiger partial charge in [-0.1, -0.05) is 13.0 Å². The fourth-order valence-corrected chi connectivity index (χ4v) is 2.34. The number of nitrogens with one attached hydrogen (secondary N) is 1. The van der Waals surface area contributed by atoms with E-state index < -0.39 is 11.6 Å². The van der Waals surface area contributed by atoms with Crippen LogP contribution < -0.4 is 5.32 Å². The number of benzene rings is 1. The first-order valence-electron chi connectivity index (χ1n) is 5.40. The predicted octanol–water partition coefficient (Wildman–Crippen LogP) is 2.82. The Bertz CT molecular complexity index is 351. The maximum atomic E-state index is 13.1. The lowest BCUT2D eigenvalue weighted by Crippen LogP contribution is -2.24. The summed E-state index contributed by atoms with van der Waals surface area (Å²) >= 11 is 0. The summed E-state index contributed by atoms with van der Waals surface area (Å²) in [6.45, 7) is 3.07. The SMILES string of the molecule is CCC1NCCC1c1ccc(F)c(F)c1. The monoisotopic (exact) mass is 211 g/mol. The van der Waals surface area contributed by atoms with E-state index in [0.717, 1.165) is 24.9 Å². The van der Waals surface area contributed by atoms with Gasteiger partial charge in [0.2, 0.25) is 0 Å². The molecule has 1 aromatic carbocycles. The quantitative estimate of drug-likeness (QED) is 0.793. The van der Waals surface area contributed by atoms with Gasteiger partial charge in [0.05, 0.1) is 0 Å². The number of rotatable bonds is 2. The Balaban J connectivity index is 2.25. The molecular formula is C12H15F2N. The number of hydrogen-bond acceptors (Lipinski definition) is 1. The Hall–Kier alpha value is -0.960. The summed E-state index contributed by atoms with van der Waals surface area (Å²) in [4.78, 5) is 0. The lowest BCUT2D eigenvalue weighted by atomic mass is 9.90. The second kappa shape index (κ2) is 4.27. The largest absolute Gasteiger partial charge is 0.313 e. The maximum Gasteiger partial charge on any atom is 0.159 e. The van der Waals surface area contributed by atoms with Crippen molar-refractivity contribution in [3.8, 4) is 0 Å². The van der Waals surface area contributed by atoms with Gasteiger partial charge in [-0.3, -0.25) is 0 Å². The zero-order valence-electron chi connectivity index (χ0n) is 8.76. The van der Waals surface area contributed by atoms with E-state index >= 15 is 0 Å². The van der Waals surface area contributed by atoms with Crippen molar-refractivity contribution in [2.24, 2.45) is 0 Å². The summed E-state index contributed by atoms with van der Waals surface area (Å²) in [5.41, 5.74) is 0.908. The van der Waals surface area contributed by atoms with Crippen LogP contribution in [-0.2, 0) is 0 Å². The fraction of sp³-hybridized carbons (Fsp3) is 0.500. The highest BCUT2D eigenvalue weighted by molar-refractivity contribution is 5.24.